The first-order valence-corrected chi connectivity index (χ1v) is 9.26. The van der Waals surface area contributed by atoms with Gasteiger partial charge in [-0.05, 0) is 55.3 Å². The van der Waals surface area contributed by atoms with Crippen molar-refractivity contribution in [3.05, 3.63) is 53.6 Å². The van der Waals surface area contributed by atoms with E-state index in [9.17, 15) is 13.2 Å². The molecule has 1 aliphatic rings. The SMILES string of the molecule is CC(=O)N1c2ccc(S(=O)(=O)Nc3cccc(C#N)c3)cc2CC1C. The average molecular weight is 355 g/mol. The molecule has 0 saturated carbocycles. The molecule has 1 heterocycles. The number of benzene rings is 2. The standard InChI is InChI=1S/C18H17N3O3S/c1-12-8-15-10-17(6-7-18(15)21(12)13(2)22)25(23,24)20-16-5-3-4-14(9-16)11-19/h3-7,9-10,12,20H,8H2,1-2H3. The van der Waals surface area contributed by atoms with Crippen molar-refractivity contribution in [2.45, 2.75) is 31.2 Å². The number of nitrogens with one attached hydrogen (secondary N) is 1. The first-order valence-electron chi connectivity index (χ1n) is 7.77. The number of carbonyl (C=O) groups is 1. The molecule has 0 fully saturated rings. The van der Waals surface area contributed by atoms with Crippen LogP contribution >= 0.6 is 0 Å². The second-order valence-electron chi connectivity index (χ2n) is 6.03. The van der Waals surface area contributed by atoms with E-state index in [-0.39, 0.29) is 16.8 Å². The number of rotatable bonds is 3. The van der Waals surface area contributed by atoms with Crippen molar-refractivity contribution in [1.29, 1.82) is 5.26 Å². The summed E-state index contributed by atoms with van der Waals surface area (Å²) in [5.41, 5.74) is 2.29. The average Bonchev–Trinajstić information content (AvgIpc) is 2.89. The minimum Gasteiger partial charge on any atom is -0.309 e. The Bertz CT molecular complexity index is 993. The molecule has 1 aliphatic heterocycles. The molecular formula is C18H17N3O3S. The zero-order valence-electron chi connectivity index (χ0n) is 13.9. The zero-order valence-corrected chi connectivity index (χ0v) is 14.7. The number of nitrogens with zero attached hydrogens (tertiary/aromatic N) is 2. The third kappa shape index (κ3) is 3.21. The maximum atomic E-state index is 12.6. The van der Waals surface area contributed by atoms with Crippen molar-refractivity contribution < 1.29 is 13.2 Å². The number of amides is 1. The Hall–Kier alpha value is -2.85. The largest absolute Gasteiger partial charge is 0.309 e. The van der Waals surface area contributed by atoms with Gasteiger partial charge in [0.05, 0.1) is 22.2 Å². The van der Waals surface area contributed by atoms with Crippen LogP contribution in [-0.2, 0) is 21.2 Å². The molecule has 1 N–H and O–H groups in total. The van der Waals surface area contributed by atoms with Crippen LogP contribution in [0.4, 0.5) is 11.4 Å². The molecule has 25 heavy (non-hydrogen) atoms. The third-order valence-electron chi connectivity index (χ3n) is 4.16. The van der Waals surface area contributed by atoms with Crippen LogP contribution in [0.2, 0.25) is 0 Å². The molecular weight excluding hydrogens is 338 g/mol. The number of fused-ring (bicyclic) bond motifs is 1. The second kappa shape index (κ2) is 6.22. The predicted octanol–water partition coefficient (Wildman–Crippen LogP) is 2.66. The molecule has 0 radical (unpaired) electrons. The van der Waals surface area contributed by atoms with Gasteiger partial charge in [0, 0.05) is 18.7 Å². The summed E-state index contributed by atoms with van der Waals surface area (Å²) in [4.78, 5) is 13.6. The Morgan fingerprint density at radius 3 is 2.72 bits per heavy atom. The minimum atomic E-state index is -3.78. The van der Waals surface area contributed by atoms with Gasteiger partial charge < -0.3 is 4.90 Å². The van der Waals surface area contributed by atoms with E-state index in [4.69, 9.17) is 5.26 Å². The Balaban J connectivity index is 1.93. The summed E-state index contributed by atoms with van der Waals surface area (Å²) < 4.78 is 27.7. The first-order chi connectivity index (χ1) is 11.8. The number of anilines is 2. The van der Waals surface area contributed by atoms with Crippen LogP contribution < -0.4 is 9.62 Å². The molecule has 0 aromatic heterocycles. The van der Waals surface area contributed by atoms with Gasteiger partial charge in [-0.15, -0.1) is 0 Å². The van der Waals surface area contributed by atoms with E-state index < -0.39 is 10.0 Å². The predicted molar refractivity (Wildman–Crippen MR) is 94.7 cm³/mol. The van der Waals surface area contributed by atoms with Crippen molar-refractivity contribution in [1.82, 2.24) is 0 Å². The molecule has 1 unspecified atom stereocenters. The number of carbonyl (C=O) groups excluding carboxylic acids is 1. The van der Waals surface area contributed by atoms with Crippen LogP contribution in [-0.4, -0.2) is 20.4 Å². The third-order valence-corrected chi connectivity index (χ3v) is 5.54. The van der Waals surface area contributed by atoms with E-state index in [0.717, 1.165) is 11.3 Å². The fourth-order valence-corrected chi connectivity index (χ4v) is 4.22. The molecule has 1 atom stereocenters. The summed E-state index contributed by atoms with van der Waals surface area (Å²) in [6, 6.07) is 13.0. The van der Waals surface area contributed by atoms with Crippen LogP contribution in [0.5, 0.6) is 0 Å². The Labute approximate surface area is 146 Å². The maximum Gasteiger partial charge on any atom is 0.261 e. The molecule has 0 aliphatic carbocycles. The van der Waals surface area contributed by atoms with E-state index in [0.29, 0.717) is 17.7 Å². The highest BCUT2D eigenvalue weighted by atomic mass is 32.2. The lowest BCUT2D eigenvalue weighted by atomic mass is 10.1. The van der Waals surface area contributed by atoms with Crippen molar-refractivity contribution >= 4 is 27.3 Å². The smallest absolute Gasteiger partial charge is 0.261 e. The van der Waals surface area contributed by atoms with E-state index in [1.807, 2.05) is 13.0 Å². The molecule has 2 aromatic carbocycles. The second-order valence-corrected chi connectivity index (χ2v) is 7.71. The van der Waals surface area contributed by atoms with E-state index >= 15 is 0 Å². The van der Waals surface area contributed by atoms with Gasteiger partial charge in [0.2, 0.25) is 5.91 Å². The minimum absolute atomic E-state index is 0.00530. The zero-order chi connectivity index (χ0) is 18.2. The molecule has 0 spiro atoms. The highest BCUT2D eigenvalue weighted by Gasteiger charge is 2.30. The number of nitriles is 1. The van der Waals surface area contributed by atoms with Gasteiger partial charge in [0.1, 0.15) is 0 Å². The normalized spacial score (nSPS) is 16.2. The van der Waals surface area contributed by atoms with Gasteiger partial charge in [0.25, 0.3) is 10.0 Å². The lowest BCUT2D eigenvalue weighted by Crippen LogP contribution is -2.33. The van der Waals surface area contributed by atoms with Crippen molar-refractivity contribution in [2.24, 2.45) is 0 Å². The highest BCUT2D eigenvalue weighted by Crippen LogP contribution is 2.34. The van der Waals surface area contributed by atoms with Crippen molar-refractivity contribution in [3.8, 4) is 6.07 Å². The molecule has 1 amide bonds. The summed E-state index contributed by atoms with van der Waals surface area (Å²) in [5.74, 6) is -0.0618. The van der Waals surface area contributed by atoms with Crippen LogP contribution in [0.25, 0.3) is 0 Å². The maximum absolute atomic E-state index is 12.6. The van der Waals surface area contributed by atoms with Gasteiger partial charge in [-0.1, -0.05) is 6.07 Å². The van der Waals surface area contributed by atoms with Gasteiger partial charge in [-0.3, -0.25) is 9.52 Å². The van der Waals surface area contributed by atoms with Crippen LogP contribution in [0.1, 0.15) is 25.0 Å². The molecule has 6 nitrogen and oxygen atoms in total. The fourth-order valence-electron chi connectivity index (χ4n) is 3.12. The topological polar surface area (TPSA) is 90.3 Å². The summed E-state index contributed by atoms with van der Waals surface area (Å²) in [7, 11) is -3.78. The lowest BCUT2D eigenvalue weighted by molar-refractivity contribution is -0.116. The van der Waals surface area contributed by atoms with Crippen molar-refractivity contribution in [3.63, 3.8) is 0 Å². The van der Waals surface area contributed by atoms with Gasteiger partial charge >= 0.3 is 0 Å². The fraction of sp³-hybridized carbons (Fsp3) is 0.222. The van der Waals surface area contributed by atoms with Gasteiger partial charge in [0.15, 0.2) is 0 Å². The summed E-state index contributed by atoms with van der Waals surface area (Å²) in [6.45, 7) is 3.43. The molecule has 7 heteroatoms. The summed E-state index contributed by atoms with van der Waals surface area (Å²) >= 11 is 0. The van der Waals surface area contributed by atoms with Gasteiger partial charge in [-0.2, -0.15) is 5.26 Å². The molecule has 2 aromatic rings. The van der Waals surface area contributed by atoms with Crippen molar-refractivity contribution in [2.75, 3.05) is 9.62 Å². The van der Waals surface area contributed by atoms with E-state index in [1.54, 1.807) is 35.2 Å². The number of hydrogen-bond acceptors (Lipinski definition) is 4. The Morgan fingerprint density at radius 2 is 2.04 bits per heavy atom. The van der Waals surface area contributed by atoms with Crippen LogP contribution in [0.3, 0.4) is 0 Å². The van der Waals surface area contributed by atoms with Crippen LogP contribution in [0, 0.1) is 11.3 Å². The molecule has 0 bridgehead atoms. The summed E-state index contributed by atoms with van der Waals surface area (Å²) in [5, 5.41) is 8.92. The molecule has 128 valence electrons. The van der Waals surface area contributed by atoms with Gasteiger partial charge in [-0.25, -0.2) is 8.42 Å². The van der Waals surface area contributed by atoms with E-state index in [2.05, 4.69) is 4.72 Å². The monoisotopic (exact) mass is 355 g/mol. The molecule has 3 rings (SSSR count). The first kappa shape index (κ1) is 17.0. The quantitative estimate of drug-likeness (QED) is 0.916. The number of sulfonamides is 1. The lowest BCUT2D eigenvalue weighted by Gasteiger charge is -2.20. The number of hydrogen-bond donors (Lipinski definition) is 1. The Morgan fingerprint density at radius 1 is 1.28 bits per heavy atom. The Kier molecular flexibility index (Phi) is 4.23. The van der Waals surface area contributed by atoms with E-state index in [1.165, 1.54) is 19.1 Å². The molecule has 0 saturated heterocycles. The summed E-state index contributed by atoms with van der Waals surface area (Å²) in [6.07, 6.45) is 0.613. The van der Waals surface area contributed by atoms with Crippen LogP contribution in [0.15, 0.2) is 47.4 Å². The highest BCUT2D eigenvalue weighted by molar-refractivity contribution is 7.92.